The van der Waals surface area contributed by atoms with Gasteiger partial charge in [-0.15, -0.1) is 0 Å². The van der Waals surface area contributed by atoms with Gasteiger partial charge in [-0.2, -0.15) is 0 Å². The molecule has 36 heavy (non-hydrogen) atoms. The van der Waals surface area contributed by atoms with E-state index < -0.39 is 16.1 Å². The Morgan fingerprint density at radius 2 is 1.75 bits per heavy atom. The molecule has 1 saturated carbocycles. The lowest BCUT2D eigenvalue weighted by Crippen LogP contribution is -2.32. The van der Waals surface area contributed by atoms with Crippen LogP contribution in [-0.2, 0) is 16.4 Å². The minimum atomic E-state index is -3.53. The van der Waals surface area contributed by atoms with Crippen molar-refractivity contribution in [3.63, 3.8) is 0 Å². The molecule has 3 rings (SSSR count). The largest absolute Gasteiger partial charge is 0.506 e. The molecule has 0 aromatic heterocycles. The van der Waals surface area contributed by atoms with Crippen LogP contribution < -0.4 is 19.5 Å². The van der Waals surface area contributed by atoms with Gasteiger partial charge < -0.3 is 25.0 Å². The van der Waals surface area contributed by atoms with Gasteiger partial charge in [0, 0.05) is 12.6 Å². The highest BCUT2D eigenvalue weighted by Crippen LogP contribution is 2.34. The molecule has 0 spiro atoms. The maximum absolute atomic E-state index is 11.6. The van der Waals surface area contributed by atoms with Crippen LogP contribution in [0.15, 0.2) is 36.4 Å². The topological polar surface area (TPSA) is 117 Å². The number of sulfonamides is 1. The number of hydrogen-bond acceptors (Lipinski definition) is 7. The number of benzene rings is 2. The van der Waals surface area contributed by atoms with E-state index in [4.69, 9.17) is 9.47 Å². The predicted octanol–water partition coefficient (Wildman–Crippen LogP) is 4.38. The van der Waals surface area contributed by atoms with Crippen LogP contribution in [0.5, 0.6) is 17.2 Å². The number of aromatic hydroxyl groups is 1. The molecule has 2 atom stereocenters. The molecule has 4 N–H and O–H groups in total. The van der Waals surface area contributed by atoms with Crippen LogP contribution >= 0.6 is 0 Å². The SMILES string of the molecule is COc1ccc([C@@H](CCC2CCCCC2)NC[C@@H](O)Cc2ccc(O)c(NS(C)(=O)=O)c2)cc1OC. The first-order chi connectivity index (χ1) is 17.2. The molecule has 1 fully saturated rings. The number of methoxy groups -OCH3 is 2. The minimum Gasteiger partial charge on any atom is -0.506 e. The molecule has 2 aromatic rings. The van der Waals surface area contributed by atoms with Gasteiger partial charge in [-0.05, 0) is 60.6 Å². The van der Waals surface area contributed by atoms with Crippen molar-refractivity contribution in [3.05, 3.63) is 47.5 Å². The van der Waals surface area contributed by atoms with Crippen molar-refractivity contribution in [2.45, 2.75) is 63.5 Å². The molecule has 0 unspecified atom stereocenters. The fraction of sp³-hybridized carbons (Fsp3) is 0.556. The lowest BCUT2D eigenvalue weighted by Gasteiger charge is -2.26. The molecular formula is C27H40N2O6S. The molecule has 9 heteroatoms. The average Bonchev–Trinajstić information content (AvgIpc) is 2.85. The standard InChI is InChI=1S/C27H40N2O6S/c1-34-26-14-11-21(17-27(26)35-2)23(12-9-19-7-5-4-6-8-19)28-18-22(30)15-20-10-13-25(31)24(16-20)29-36(3,32)33/h10-11,13-14,16-17,19,22-23,28-31H,4-9,12,15,18H2,1-3H3/t22-,23+/m0/s1. The van der Waals surface area contributed by atoms with Gasteiger partial charge in [-0.1, -0.05) is 44.2 Å². The molecule has 0 bridgehead atoms. The van der Waals surface area contributed by atoms with E-state index in [-0.39, 0.29) is 17.5 Å². The summed E-state index contributed by atoms with van der Waals surface area (Å²) < 4.78 is 36.3. The fourth-order valence-corrected chi connectivity index (χ4v) is 5.51. The summed E-state index contributed by atoms with van der Waals surface area (Å²) in [4.78, 5) is 0. The van der Waals surface area contributed by atoms with Crippen LogP contribution in [-0.4, -0.2) is 51.8 Å². The van der Waals surface area contributed by atoms with E-state index in [2.05, 4.69) is 10.0 Å². The van der Waals surface area contributed by atoms with Crippen LogP contribution in [0, 0.1) is 5.92 Å². The number of aliphatic hydroxyl groups excluding tert-OH is 1. The molecule has 0 radical (unpaired) electrons. The number of aliphatic hydroxyl groups is 1. The molecule has 8 nitrogen and oxygen atoms in total. The van der Waals surface area contributed by atoms with E-state index in [0.717, 1.165) is 36.1 Å². The van der Waals surface area contributed by atoms with E-state index in [1.807, 2.05) is 18.2 Å². The zero-order valence-electron chi connectivity index (χ0n) is 21.5. The highest BCUT2D eigenvalue weighted by atomic mass is 32.2. The van der Waals surface area contributed by atoms with Crippen molar-refractivity contribution in [1.29, 1.82) is 0 Å². The number of hydrogen-bond donors (Lipinski definition) is 4. The Bertz CT molecular complexity index is 1090. The molecule has 0 amide bonds. The third kappa shape index (κ3) is 8.57. The zero-order valence-corrected chi connectivity index (χ0v) is 22.3. The Kier molecular flexibility index (Phi) is 10.3. The second kappa shape index (κ2) is 13.2. The van der Waals surface area contributed by atoms with Crippen LogP contribution in [0.3, 0.4) is 0 Å². The first kappa shape index (κ1) is 28.1. The summed E-state index contributed by atoms with van der Waals surface area (Å²) in [5.74, 6) is 1.94. The third-order valence-corrected chi connectivity index (χ3v) is 7.42. The van der Waals surface area contributed by atoms with Crippen molar-refractivity contribution in [3.8, 4) is 17.2 Å². The first-order valence-corrected chi connectivity index (χ1v) is 14.5. The Morgan fingerprint density at radius 1 is 1.03 bits per heavy atom. The maximum atomic E-state index is 11.6. The highest BCUT2D eigenvalue weighted by Gasteiger charge is 2.20. The average molecular weight is 521 g/mol. The lowest BCUT2D eigenvalue weighted by molar-refractivity contribution is 0.165. The quantitative estimate of drug-likeness (QED) is 0.290. The zero-order chi connectivity index (χ0) is 26.1. The Balaban J connectivity index is 1.68. The molecule has 0 heterocycles. The van der Waals surface area contributed by atoms with Crippen LogP contribution in [0.1, 0.15) is 62.1 Å². The number of anilines is 1. The number of nitrogens with one attached hydrogen (secondary N) is 2. The number of rotatable bonds is 13. The monoisotopic (exact) mass is 520 g/mol. The van der Waals surface area contributed by atoms with Crippen LogP contribution in [0.2, 0.25) is 0 Å². The van der Waals surface area contributed by atoms with Crippen LogP contribution in [0.25, 0.3) is 0 Å². The molecule has 1 aliphatic carbocycles. The second-order valence-electron chi connectivity index (χ2n) is 9.74. The van der Waals surface area contributed by atoms with E-state index in [0.29, 0.717) is 24.5 Å². The van der Waals surface area contributed by atoms with Gasteiger partial charge in [-0.3, -0.25) is 4.72 Å². The van der Waals surface area contributed by atoms with Crippen molar-refractivity contribution in [1.82, 2.24) is 5.32 Å². The van der Waals surface area contributed by atoms with E-state index in [1.165, 1.54) is 38.2 Å². The summed E-state index contributed by atoms with van der Waals surface area (Å²) in [6.07, 6.45) is 9.23. The second-order valence-corrected chi connectivity index (χ2v) is 11.5. The predicted molar refractivity (Wildman–Crippen MR) is 142 cm³/mol. The summed E-state index contributed by atoms with van der Waals surface area (Å²) in [7, 11) is -0.284. The summed E-state index contributed by atoms with van der Waals surface area (Å²) in [5.41, 5.74) is 1.91. The molecule has 1 aliphatic rings. The normalized spacial score (nSPS) is 16.3. The number of phenols is 1. The molecule has 200 valence electrons. The van der Waals surface area contributed by atoms with Crippen molar-refractivity contribution in [2.75, 3.05) is 31.7 Å². The summed E-state index contributed by atoms with van der Waals surface area (Å²) in [6, 6.07) is 10.6. The van der Waals surface area contributed by atoms with Gasteiger partial charge in [0.1, 0.15) is 5.75 Å². The molecule has 0 aliphatic heterocycles. The lowest BCUT2D eigenvalue weighted by atomic mass is 9.84. The van der Waals surface area contributed by atoms with Gasteiger partial charge in [0.25, 0.3) is 0 Å². The van der Waals surface area contributed by atoms with Gasteiger partial charge in [0.2, 0.25) is 10.0 Å². The molecule has 2 aromatic carbocycles. The Hall–Kier alpha value is -2.49. The molecular weight excluding hydrogens is 480 g/mol. The van der Waals surface area contributed by atoms with Crippen molar-refractivity contribution >= 4 is 15.7 Å². The summed E-state index contributed by atoms with van der Waals surface area (Å²) in [6.45, 7) is 0.361. The Morgan fingerprint density at radius 3 is 2.42 bits per heavy atom. The smallest absolute Gasteiger partial charge is 0.229 e. The fourth-order valence-electron chi connectivity index (χ4n) is 4.95. The van der Waals surface area contributed by atoms with E-state index >= 15 is 0 Å². The van der Waals surface area contributed by atoms with Crippen LogP contribution in [0.4, 0.5) is 5.69 Å². The molecule has 0 saturated heterocycles. The maximum Gasteiger partial charge on any atom is 0.229 e. The van der Waals surface area contributed by atoms with Gasteiger partial charge in [-0.25, -0.2) is 8.42 Å². The summed E-state index contributed by atoms with van der Waals surface area (Å²) >= 11 is 0. The van der Waals surface area contributed by atoms with E-state index in [9.17, 15) is 18.6 Å². The van der Waals surface area contributed by atoms with Crippen molar-refractivity contribution < 1.29 is 28.1 Å². The van der Waals surface area contributed by atoms with E-state index in [1.54, 1.807) is 26.4 Å². The minimum absolute atomic E-state index is 0.0451. The Labute approximate surface area is 215 Å². The van der Waals surface area contributed by atoms with Gasteiger partial charge in [0.05, 0.1) is 32.3 Å². The number of ether oxygens (including phenoxy) is 2. The number of phenolic OH excluding ortho intramolecular Hbond substituents is 1. The first-order valence-electron chi connectivity index (χ1n) is 12.6. The summed E-state index contributed by atoms with van der Waals surface area (Å²) in [5, 5.41) is 24.3. The van der Waals surface area contributed by atoms with Gasteiger partial charge in [0.15, 0.2) is 11.5 Å². The van der Waals surface area contributed by atoms with Gasteiger partial charge >= 0.3 is 0 Å². The van der Waals surface area contributed by atoms with Crippen molar-refractivity contribution in [2.24, 2.45) is 5.92 Å². The highest BCUT2D eigenvalue weighted by molar-refractivity contribution is 7.92. The third-order valence-electron chi connectivity index (χ3n) is 6.83.